The number of carbonyl (C=O) groups excluding carboxylic acids is 1. The molecule has 0 atom stereocenters. The molecule has 0 radical (unpaired) electrons. The SMILES string of the molecule is O=C(NCc1nn[nH]n1)C1(c2ccccc2)CCNCC1. The van der Waals surface area contributed by atoms with Gasteiger partial charge in [-0.3, -0.25) is 4.79 Å². The van der Waals surface area contributed by atoms with E-state index in [-0.39, 0.29) is 12.5 Å². The lowest BCUT2D eigenvalue weighted by Gasteiger charge is -2.36. The van der Waals surface area contributed by atoms with Gasteiger partial charge in [0, 0.05) is 0 Å². The van der Waals surface area contributed by atoms with E-state index in [1.54, 1.807) is 0 Å². The fraction of sp³-hybridized carbons (Fsp3) is 0.429. The van der Waals surface area contributed by atoms with Gasteiger partial charge >= 0.3 is 0 Å². The summed E-state index contributed by atoms with van der Waals surface area (Å²) in [6, 6.07) is 9.98. The molecule has 0 unspecified atom stereocenters. The van der Waals surface area contributed by atoms with Crippen molar-refractivity contribution in [2.24, 2.45) is 0 Å². The number of aromatic amines is 1. The Morgan fingerprint density at radius 3 is 2.67 bits per heavy atom. The molecule has 3 N–H and O–H groups in total. The van der Waals surface area contributed by atoms with Gasteiger partial charge in [0.25, 0.3) is 0 Å². The summed E-state index contributed by atoms with van der Waals surface area (Å²) in [5.41, 5.74) is 0.591. The quantitative estimate of drug-likeness (QED) is 0.743. The second kappa shape index (κ2) is 6.01. The van der Waals surface area contributed by atoms with Gasteiger partial charge in [0.05, 0.1) is 12.0 Å². The Bertz CT molecular complexity index is 577. The molecule has 2 aromatic rings. The Morgan fingerprint density at radius 1 is 1.24 bits per heavy atom. The summed E-state index contributed by atoms with van der Waals surface area (Å²) < 4.78 is 0. The first-order chi connectivity index (χ1) is 10.3. The summed E-state index contributed by atoms with van der Waals surface area (Å²) in [6.07, 6.45) is 1.57. The lowest BCUT2D eigenvalue weighted by molar-refractivity contribution is -0.128. The van der Waals surface area contributed by atoms with Gasteiger partial charge in [-0.15, -0.1) is 10.2 Å². The molecule has 7 nitrogen and oxygen atoms in total. The van der Waals surface area contributed by atoms with Crippen LogP contribution in [0.5, 0.6) is 0 Å². The number of tetrazole rings is 1. The van der Waals surface area contributed by atoms with Crippen molar-refractivity contribution in [3.05, 3.63) is 41.7 Å². The van der Waals surface area contributed by atoms with E-state index in [4.69, 9.17) is 0 Å². The summed E-state index contributed by atoms with van der Waals surface area (Å²) in [5, 5.41) is 19.8. The van der Waals surface area contributed by atoms with Crippen LogP contribution < -0.4 is 10.6 Å². The Kier molecular flexibility index (Phi) is 3.92. The molecule has 0 saturated carbocycles. The van der Waals surface area contributed by atoms with Crippen LogP contribution in [0, 0.1) is 0 Å². The molecule has 1 fully saturated rings. The average Bonchev–Trinajstić information content (AvgIpc) is 3.07. The van der Waals surface area contributed by atoms with Crippen LogP contribution in [0.2, 0.25) is 0 Å². The van der Waals surface area contributed by atoms with Crippen LogP contribution in [0.3, 0.4) is 0 Å². The highest BCUT2D eigenvalue weighted by Gasteiger charge is 2.40. The maximum absolute atomic E-state index is 12.8. The number of nitrogens with zero attached hydrogens (tertiary/aromatic N) is 3. The Morgan fingerprint density at radius 2 is 2.00 bits per heavy atom. The largest absolute Gasteiger partial charge is 0.348 e. The van der Waals surface area contributed by atoms with Crippen molar-refractivity contribution in [1.82, 2.24) is 31.3 Å². The number of piperidine rings is 1. The molecule has 1 amide bonds. The van der Waals surface area contributed by atoms with E-state index in [0.717, 1.165) is 31.5 Å². The predicted octanol–water partition coefficient (Wildman–Crippen LogP) is 0.137. The van der Waals surface area contributed by atoms with Gasteiger partial charge in [-0.2, -0.15) is 5.21 Å². The molecule has 0 spiro atoms. The van der Waals surface area contributed by atoms with Crippen molar-refractivity contribution in [3.63, 3.8) is 0 Å². The molecule has 110 valence electrons. The molecule has 0 bridgehead atoms. The second-order valence-corrected chi connectivity index (χ2v) is 5.21. The predicted molar refractivity (Wildman–Crippen MR) is 76.2 cm³/mol. The van der Waals surface area contributed by atoms with Crippen LogP contribution in [0.25, 0.3) is 0 Å². The van der Waals surface area contributed by atoms with Crippen LogP contribution >= 0.6 is 0 Å². The number of carbonyl (C=O) groups is 1. The van der Waals surface area contributed by atoms with E-state index in [1.165, 1.54) is 0 Å². The maximum atomic E-state index is 12.8. The first-order valence-electron chi connectivity index (χ1n) is 7.08. The van der Waals surface area contributed by atoms with Crippen LogP contribution in [0.15, 0.2) is 30.3 Å². The summed E-state index contributed by atoms with van der Waals surface area (Å²) in [7, 11) is 0. The van der Waals surface area contributed by atoms with Gasteiger partial charge in [-0.25, -0.2) is 0 Å². The van der Waals surface area contributed by atoms with E-state index >= 15 is 0 Å². The number of benzene rings is 1. The number of hydrogen-bond donors (Lipinski definition) is 3. The molecular formula is C14H18N6O. The third kappa shape index (κ3) is 2.78. The smallest absolute Gasteiger partial charge is 0.231 e. The highest BCUT2D eigenvalue weighted by Crippen LogP contribution is 2.33. The van der Waals surface area contributed by atoms with Crippen molar-refractivity contribution in [2.45, 2.75) is 24.8 Å². The normalized spacial score (nSPS) is 17.3. The molecule has 1 aliphatic rings. The van der Waals surface area contributed by atoms with Gasteiger partial charge in [0.15, 0.2) is 5.82 Å². The molecule has 21 heavy (non-hydrogen) atoms. The van der Waals surface area contributed by atoms with Crippen LogP contribution in [-0.4, -0.2) is 39.6 Å². The van der Waals surface area contributed by atoms with Crippen LogP contribution in [-0.2, 0) is 16.8 Å². The summed E-state index contributed by atoms with van der Waals surface area (Å²) in [6.45, 7) is 1.96. The third-order valence-corrected chi connectivity index (χ3v) is 4.01. The van der Waals surface area contributed by atoms with Crippen molar-refractivity contribution in [2.75, 3.05) is 13.1 Å². The van der Waals surface area contributed by atoms with E-state index in [2.05, 4.69) is 31.3 Å². The fourth-order valence-corrected chi connectivity index (χ4v) is 2.84. The van der Waals surface area contributed by atoms with Gasteiger partial charge in [0.2, 0.25) is 5.91 Å². The highest BCUT2D eigenvalue weighted by atomic mass is 16.2. The molecule has 0 aliphatic carbocycles. The number of aromatic nitrogens is 4. The molecule has 1 aliphatic heterocycles. The maximum Gasteiger partial charge on any atom is 0.231 e. The zero-order chi connectivity index (χ0) is 14.5. The van der Waals surface area contributed by atoms with E-state index < -0.39 is 5.41 Å². The van der Waals surface area contributed by atoms with Gasteiger partial charge in [0.1, 0.15) is 0 Å². The summed E-state index contributed by atoms with van der Waals surface area (Å²) >= 11 is 0. The first-order valence-corrected chi connectivity index (χ1v) is 7.08. The number of rotatable bonds is 4. The van der Waals surface area contributed by atoms with Crippen molar-refractivity contribution in [3.8, 4) is 0 Å². The number of amides is 1. The number of H-pyrrole nitrogens is 1. The van der Waals surface area contributed by atoms with Gasteiger partial charge in [-0.05, 0) is 31.5 Å². The lowest BCUT2D eigenvalue weighted by Crippen LogP contribution is -2.50. The van der Waals surface area contributed by atoms with Crippen LogP contribution in [0.1, 0.15) is 24.2 Å². The fourth-order valence-electron chi connectivity index (χ4n) is 2.84. The van der Waals surface area contributed by atoms with Gasteiger partial charge in [-0.1, -0.05) is 35.5 Å². The molecule has 3 rings (SSSR count). The molecule has 2 heterocycles. The third-order valence-electron chi connectivity index (χ3n) is 4.01. The summed E-state index contributed by atoms with van der Waals surface area (Å²) in [4.78, 5) is 12.8. The molecule has 1 aromatic heterocycles. The van der Waals surface area contributed by atoms with E-state index in [1.807, 2.05) is 30.3 Å². The molecular weight excluding hydrogens is 268 g/mol. The molecule has 1 saturated heterocycles. The second-order valence-electron chi connectivity index (χ2n) is 5.21. The Balaban J connectivity index is 1.80. The first kappa shape index (κ1) is 13.7. The minimum atomic E-state index is -0.476. The van der Waals surface area contributed by atoms with E-state index in [9.17, 15) is 4.79 Å². The van der Waals surface area contributed by atoms with Gasteiger partial charge < -0.3 is 10.6 Å². The number of hydrogen-bond acceptors (Lipinski definition) is 5. The Hall–Kier alpha value is -2.28. The minimum absolute atomic E-state index is 0.0278. The monoisotopic (exact) mass is 286 g/mol. The van der Waals surface area contributed by atoms with Crippen molar-refractivity contribution >= 4 is 5.91 Å². The highest BCUT2D eigenvalue weighted by molar-refractivity contribution is 5.88. The Labute approximate surface area is 122 Å². The standard InChI is InChI=1S/C14H18N6O/c21-13(16-10-12-17-19-20-18-12)14(6-8-15-9-7-14)11-4-2-1-3-5-11/h1-5,15H,6-10H2,(H,16,21)(H,17,18,19,20). The summed E-state index contributed by atoms with van der Waals surface area (Å²) in [5.74, 6) is 0.514. The average molecular weight is 286 g/mol. The van der Waals surface area contributed by atoms with Crippen molar-refractivity contribution in [1.29, 1.82) is 0 Å². The topological polar surface area (TPSA) is 95.6 Å². The lowest BCUT2D eigenvalue weighted by atomic mass is 9.72. The van der Waals surface area contributed by atoms with Crippen LogP contribution in [0.4, 0.5) is 0 Å². The molecule has 1 aromatic carbocycles. The van der Waals surface area contributed by atoms with Crippen molar-refractivity contribution < 1.29 is 4.79 Å². The molecule has 7 heteroatoms. The minimum Gasteiger partial charge on any atom is -0.348 e. The van der Waals surface area contributed by atoms with E-state index in [0.29, 0.717) is 5.82 Å². The zero-order valence-corrected chi connectivity index (χ0v) is 11.7. The number of nitrogens with one attached hydrogen (secondary N) is 3. The zero-order valence-electron chi connectivity index (χ0n) is 11.7.